The van der Waals surface area contributed by atoms with E-state index >= 15 is 0 Å². The van der Waals surface area contributed by atoms with Gasteiger partial charge in [-0.2, -0.15) is 5.10 Å². The van der Waals surface area contributed by atoms with Gasteiger partial charge in [-0.05, 0) is 74.8 Å². The fraction of sp³-hybridized carbons (Fsp3) is 0.394. The molecule has 7 nitrogen and oxygen atoms in total. The van der Waals surface area contributed by atoms with E-state index in [1.807, 2.05) is 49.8 Å². The summed E-state index contributed by atoms with van der Waals surface area (Å²) in [6.45, 7) is 9.39. The topological polar surface area (TPSA) is 74.6 Å². The fourth-order valence-corrected chi connectivity index (χ4v) is 5.01. The Balaban J connectivity index is 1.40. The molecular weight excluding hydrogens is 502 g/mol. The Labute approximate surface area is 236 Å². The van der Waals surface area contributed by atoms with E-state index in [0.717, 1.165) is 64.8 Å². The zero-order valence-corrected chi connectivity index (χ0v) is 23.9. The molecule has 210 valence electrons. The van der Waals surface area contributed by atoms with E-state index in [1.165, 1.54) is 0 Å². The zero-order chi connectivity index (χ0) is 28.1. The Kier molecular flexibility index (Phi) is 8.40. The van der Waals surface area contributed by atoms with Gasteiger partial charge in [0, 0.05) is 18.7 Å². The summed E-state index contributed by atoms with van der Waals surface area (Å²) >= 11 is 0. The normalized spacial score (nSPS) is 16.4. The van der Waals surface area contributed by atoms with E-state index in [1.54, 1.807) is 0 Å². The van der Waals surface area contributed by atoms with Gasteiger partial charge in [0.05, 0.1) is 17.1 Å². The van der Waals surface area contributed by atoms with Crippen LogP contribution in [0.3, 0.4) is 0 Å². The largest absolute Gasteiger partial charge is 0.487 e. The molecule has 4 aromatic rings. The second-order valence-corrected chi connectivity index (χ2v) is 11.5. The van der Waals surface area contributed by atoms with Gasteiger partial charge in [-0.15, -0.1) is 0 Å². The van der Waals surface area contributed by atoms with Crippen molar-refractivity contribution in [2.45, 2.75) is 71.3 Å². The first-order chi connectivity index (χ1) is 19.3. The van der Waals surface area contributed by atoms with Crippen molar-refractivity contribution < 1.29 is 19.0 Å². The second kappa shape index (κ2) is 12.1. The first-order valence-corrected chi connectivity index (χ1v) is 14.1. The summed E-state index contributed by atoms with van der Waals surface area (Å²) < 4.78 is 19.9. The predicted octanol–water partition coefficient (Wildman–Crippen LogP) is 7.61. The zero-order valence-electron chi connectivity index (χ0n) is 23.9. The molecule has 1 amide bonds. The van der Waals surface area contributed by atoms with Crippen LogP contribution in [0.4, 0.5) is 4.79 Å². The maximum atomic E-state index is 12.1. The second-order valence-electron chi connectivity index (χ2n) is 11.5. The summed E-state index contributed by atoms with van der Waals surface area (Å²) in [6, 6.07) is 22.9. The minimum atomic E-state index is -0.518. The smallest absolute Gasteiger partial charge is 0.407 e. The average Bonchev–Trinajstić information content (AvgIpc) is 3.39. The van der Waals surface area contributed by atoms with Crippen molar-refractivity contribution in [3.05, 3.63) is 84.1 Å². The molecule has 7 heteroatoms. The van der Waals surface area contributed by atoms with Crippen LogP contribution in [0.5, 0.6) is 5.75 Å². The van der Waals surface area contributed by atoms with Crippen molar-refractivity contribution in [2.24, 2.45) is 0 Å². The number of carbonyl (C=O) groups is 1. The number of ether oxygens (including phenoxy) is 3. The number of nitrogens with zero attached hydrogens (tertiary/aromatic N) is 2. The third-order valence-electron chi connectivity index (χ3n) is 7.13. The molecule has 0 spiro atoms. The van der Waals surface area contributed by atoms with Gasteiger partial charge in [0.2, 0.25) is 0 Å². The average molecular weight is 542 g/mol. The number of carbonyl (C=O) groups excluding carboxylic acids is 1. The number of hydrogen-bond acceptors (Lipinski definition) is 5. The monoisotopic (exact) mass is 541 g/mol. The molecule has 0 saturated carbocycles. The first kappa shape index (κ1) is 27.7. The van der Waals surface area contributed by atoms with Gasteiger partial charge >= 0.3 is 6.09 Å². The molecule has 2 unspecified atom stereocenters. The number of hydrogen-bond donors (Lipinski definition) is 1. The lowest BCUT2D eigenvalue weighted by Gasteiger charge is -2.23. The van der Waals surface area contributed by atoms with E-state index in [4.69, 9.17) is 19.3 Å². The molecule has 2 heterocycles. The summed E-state index contributed by atoms with van der Waals surface area (Å²) in [6.07, 6.45) is 4.64. The summed E-state index contributed by atoms with van der Waals surface area (Å²) in [7, 11) is 0. The van der Waals surface area contributed by atoms with E-state index in [-0.39, 0.29) is 12.1 Å². The van der Waals surface area contributed by atoms with E-state index < -0.39 is 11.7 Å². The summed E-state index contributed by atoms with van der Waals surface area (Å²) in [5.41, 5.74) is 4.81. The Morgan fingerprint density at radius 3 is 2.55 bits per heavy atom. The van der Waals surface area contributed by atoms with Crippen molar-refractivity contribution in [2.75, 3.05) is 13.2 Å². The lowest BCUT2D eigenvalue weighted by atomic mass is 9.96. The van der Waals surface area contributed by atoms with Crippen LogP contribution >= 0.6 is 0 Å². The molecule has 1 saturated heterocycles. The molecule has 1 aliphatic heterocycles. The fourth-order valence-electron chi connectivity index (χ4n) is 5.01. The number of aromatic nitrogens is 2. The van der Waals surface area contributed by atoms with Gasteiger partial charge in [-0.25, -0.2) is 9.48 Å². The highest BCUT2D eigenvalue weighted by molar-refractivity contribution is 5.93. The third-order valence-corrected chi connectivity index (χ3v) is 7.13. The molecule has 0 radical (unpaired) electrons. The molecule has 0 bridgehead atoms. The predicted molar refractivity (Wildman–Crippen MR) is 157 cm³/mol. The molecule has 40 heavy (non-hydrogen) atoms. The number of amides is 1. The third kappa shape index (κ3) is 6.65. The van der Waals surface area contributed by atoms with Crippen LogP contribution < -0.4 is 10.1 Å². The Morgan fingerprint density at radius 1 is 1.07 bits per heavy atom. The standard InChI is InChI=1S/C33H39N3O4/c1-23(20-34-32(37)40-33(2,3)4)25-13-15-26(16-14-25)27-17-18-29-28(21-35-36(29)30-12-8-9-19-38-30)31(27)39-22-24-10-6-5-7-11-24/h5-7,10-11,13-18,21,23,30H,8-9,12,19-20,22H2,1-4H3,(H,34,37). The van der Waals surface area contributed by atoms with Gasteiger partial charge in [0.15, 0.2) is 6.23 Å². The van der Waals surface area contributed by atoms with E-state index in [9.17, 15) is 4.79 Å². The highest BCUT2D eigenvalue weighted by Crippen LogP contribution is 2.39. The van der Waals surface area contributed by atoms with Gasteiger partial charge in [-0.1, -0.05) is 61.5 Å². The maximum Gasteiger partial charge on any atom is 0.407 e. The van der Waals surface area contributed by atoms with Crippen molar-refractivity contribution in [1.82, 2.24) is 15.1 Å². The Morgan fingerprint density at radius 2 is 1.85 bits per heavy atom. The van der Waals surface area contributed by atoms with Crippen LogP contribution in [0.15, 0.2) is 72.9 Å². The minimum absolute atomic E-state index is 0.0471. The molecule has 0 aliphatic carbocycles. The molecular formula is C33H39N3O4. The van der Waals surface area contributed by atoms with Crippen LogP contribution in [0.1, 0.15) is 70.2 Å². The number of fused-ring (bicyclic) bond motifs is 1. The van der Waals surface area contributed by atoms with Crippen molar-refractivity contribution >= 4 is 17.0 Å². The first-order valence-electron chi connectivity index (χ1n) is 14.1. The van der Waals surface area contributed by atoms with Crippen LogP contribution in [-0.2, 0) is 16.1 Å². The molecule has 1 aliphatic rings. The molecule has 3 aromatic carbocycles. The van der Waals surface area contributed by atoms with Gasteiger partial charge < -0.3 is 19.5 Å². The van der Waals surface area contributed by atoms with Crippen molar-refractivity contribution in [3.8, 4) is 16.9 Å². The van der Waals surface area contributed by atoms with E-state index in [0.29, 0.717) is 13.2 Å². The lowest BCUT2D eigenvalue weighted by Crippen LogP contribution is -2.34. The number of alkyl carbamates (subject to hydrolysis) is 1. The highest BCUT2D eigenvalue weighted by Gasteiger charge is 2.22. The number of rotatable bonds is 8. The minimum Gasteiger partial charge on any atom is -0.487 e. The molecule has 5 rings (SSSR count). The van der Waals surface area contributed by atoms with Crippen molar-refractivity contribution in [3.63, 3.8) is 0 Å². The van der Waals surface area contributed by atoms with E-state index in [2.05, 4.69) is 60.8 Å². The highest BCUT2D eigenvalue weighted by atomic mass is 16.6. The summed E-state index contributed by atoms with van der Waals surface area (Å²) in [4.78, 5) is 12.1. The van der Waals surface area contributed by atoms with Gasteiger partial charge in [0.25, 0.3) is 0 Å². The Bertz CT molecular complexity index is 1420. The van der Waals surface area contributed by atoms with Crippen LogP contribution in [0, 0.1) is 0 Å². The Hall–Kier alpha value is -3.84. The molecule has 1 fully saturated rings. The molecule has 1 aromatic heterocycles. The number of nitrogens with one attached hydrogen (secondary N) is 1. The lowest BCUT2D eigenvalue weighted by molar-refractivity contribution is -0.0366. The summed E-state index contributed by atoms with van der Waals surface area (Å²) in [5, 5.41) is 8.58. The van der Waals surface area contributed by atoms with Crippen molar-refractivity contribution in [1.29, 1.82) is 0 Å². The SMILES string of the molecule is CC(CNC(=O)OC(C)(C)C)c1ccc(-c2ccc3c(cnn3C3CCCCO3)c2OCc2ccccc2)cc1. The van der Waals surface area contributed by atoms with Gasteiger partial charge in [0.1, 0.15) is 18.0 Å². The van der Waals surface area contributed by atoms with Crippen LogP contribution in [0.25, 0.3) is 22.0 Å². The van der Waals surface area contributed by atoms with Crippen LogP contribution in [0.2, 0.25) is 0 Å². The quantitative estimate of drug-likeness (QED) is 0.248. The number of benzene rings is 3. The van der Waals surface area contributed by atoms with Crippen LogP contribution in [-0.4, -0.2) is 34.6 Å². The maximum absolute atomic E-state index is 12.1. The summed E-state index contributed by atoms with van der Waals surface area (Å²) in [5.74, 6) is 0.947. The molecule has 1 N–H and O–H groups in total. The molecule has 2 atom stereocenters. The van der Waals surface area contributed by atoms with Gasteiger partial charge in [-0.3, -0.25) is 0 Å².